The van der Waals surface area contributed by atoms with Crippen LogP contribution in [-0.4, -0.2) is 31.8 Å². The van der Waals surface area contributed by atoms with Crippen LogP contribution in [0.2, 0.25) is 0 Å². The second-order valence-corrected chi connectivity index (χ2v) is 4.36. The fraction of sp³-hybridized carbons (Fsp3) is 0.429. The fourth-order valence-electron chi connectivity index (χ4n) is 1.86. The Morgan fingerprint density at radius 1 is 1.47 bits per heavy atom. The maximum atomic E-state index is 11.6. The lowest BCUT2D eigenvalue weighted by atomic mass is 10.2. The SMILES string of the molecule is N#Cc1ccc(OCC(=O)NC[C@H]2CCCO2)cc1. The molecule has 0 aromatic heterocycles. The van der Waals surface area contributed by atoms with E-state index in [1.54, 1.807) is 24.3 Å². The molecule has 0 bridgehead atoms. The minimum absolute atomic E-state index is 0.0291. The molecule has 5 nitrogen and oxygen atoms in total. The van der Waals surface area contributed by atoms with Gasteiger partial charge in [-0.05, 0) is 37.1 Å². The second-order valence-electron chi connectivity index (χ2n) is 4.36. The van der Waals surface area contributed by atoms with E-state index in [9.17, 15) is 4.79 Å². The van der Waals surface area contributed by atoms with Gasteiger partial charge in [0.05, 0.1) is 17.7 Å². The molecule has 19 heavy (non-hydrogen) atoms. The number of nitrogens with zero attached hydrogens (tertiary/aromatic N) is 1. The third kappa shape index (κ3) is 4.27. The Balaban J connectivity index is 1.69. The van der Waals surface area contributed by atoms with Crippen molar-refractivity contribution < 1.29 is 14.3 Å². The van der Waals surface area contributed by atoms with Crippen molar-refractivity contribution >= 4 is 5.91 Å². The highest BCUT2D eigenvalue weighted by atomic mass is 16.5. The maximum absolute atomic E-state index is 11.6. The molecule has 1 heterocycles. The molecule has 1 atom stereocenters. The zero-order valence-electron chi connectivity index (χ0n) is 10.6. The topological polar surface area (TPSA) is 71.3 Å². The summed E-state index contributed by atoms with van der Waals surface area (Å²) >= 11 is 0. The lowest BCUT2D eigenvalue weighted by Gasteiger charge is -2.11. The van der Waals surface area contributed by atoms with Crippen LogP contribution in [0.15, 0.2) is 24.3 Å². The first kappa shape index (κ1) is 13.4. The van der Waals surface area contributed by atoms with Gasteiger partial charge in [0.1, 0.15) is 5.75 Å². The number of carbonyl (C=O) groups excluding carboxylic acids is 1. The van der Waals surface area contributed by atoms with E-state index in [1.165, 1.54) is 0 Å². The normalized spacial score (nSPS) is 17.7. The van der Waals surface area contributed by atoms with Crippen molar-refractivity contribution in [1.29, 1.82) is 5.26 Å². The highest BCUT2D eigenvalue weighted by molar-refractivity contribution is 5.77. The minimum Gasteiger partial charge on any atom is -0.484 e. The number of hydrogen-bond acceptors (Lipinski definition) is 4. The molecule has 1 aromatic rings. The van der Waals surface area contributed by atoms with E-state index in [2.05, 4.69) is 5.32 Å². The van der Waals surface area contributed by atoms with E-state index >= 15 is 0 Å². The lowest BCUT2D eigenvalue weighted by Crippen LogP contribution is -2.35. The molecule has 1 N–H and O–H groups in total. The molecule has 1 amide bonds. The van der Waals surface area contributed by atoms with Crippen LogP contribution in [-0.2, 0) is 9.53 Å². The number of rotatable bonds is 5. The van der Waals surface area contributed by atoms with Crippen molar-refractivity contribution in [1.82, 2.24) is 5.32 Å². The summed E-state index contributed by atoms with van der Waals surface area (Å²) < 4.78 is 10.7. The third-order valence-corrected chi connectivity index (χ3v) is 2.90. The first-order valence-electron chi connectivity index (χ1n) is 6.29. The number of ether oxygens (including phenoxy) is 2. The summed E-state index contributed by atoms with van der Waals surface area (Å²) in [7, 11) is 0. The van der Waals surface area contributed by atoms with E-state index in [4.69, 9.17) is 14.7 Å². The third-order valence-electron chi connectivity index (χ3n) is 2.90. The number of hydrogen-bond donors (Lipinski definition) is 1. The van der Waals surface area contributed by atoms with Crippen LogP contribution >= 0.6 is 0 Å². The second kappa shape index (κ2) is 6.76. The van der Waals surface area contributed by atoms with Gasteiger partial charge < -0.3 is 14.8 Å². The zero-order valence-corrected chi connectivity index (χ0v) is 10.6. The fourth-order valence-corrected chi connectivity index (χ4v) is 1.86. The first-order chi connectivity index (χ1) is 9.28. The standard InChI is InChI=1S/C14H16N2O3/c15-8-11-3-5-12(6-4-11)19-10-14(17)16-9-13-2-1-7-18-13/h3-6,13H,1-2,7,9-10H2,(H,16,17)/t13-/m1/s1. The van der Waals surface area contributed by atoms with E-state index in [-0.39, 0.29) is 18.6 Å². The van der Waals surface area contributed by atoms with E-state index in [1.807, 2.05) is 6.07 Å². The predicted octanol–water partition coefficient (Wildman–Crippen LogP) is 1.23. The van der Waals surface area contributed by atoms with Crippen LogP contribution in [0.25, 0.3) is 0 Å². The molecule has 5 heteroatoms. The largest absolute Gasteiger partial charge is 0.484 e. The first-order valence-corrected chi connectivity index (χ1v) is 6.29. The number of carbonyl (C=O) groups is 1. The zero-order chi connectivity index (χ0) is 13.5. The monoisotopic (exact) mass is 260 g/mol. The maximum Gasteiger partial charge on any atom is 0.258 e. The summed E-state index contributed by atoms with van der Waals surface area (Å²) in [5.74, 6) is 0.408. The van der Waals surface area contributed by atoms with Crippen molar-refractivity contribution in [2.75, 3.05) is 19.8 Å². The van der Waals surface area contributed by atoms with Crippen LogP contribution in [0.5, 0.6) is 5.75 Å². The quantitative estimate of drug-likeness (QED) is 0.864. The molecule has 0 saturated carbocycles. The lowest BCUT2D eigenvalue weighted by molar-refractivity contribution is -0.123. The summed E-state index contributed by atoms with van der Waals surface area (Å²) in [5, 5.41) is 11.4. The molecule has 1 saturated heterocycles. The molecule has 0 aliphatic carbocycles. The molecular weight excluding hydrogens is 244 g/mol. The number of nitrogens with one attached hydrogen (secondary N) is 1. The highest BCUT2D eigenvalue weighted by Gasteiger charge is 2.16. The highest BCUT2D eigenvalue weighted by Crippen LogP contribution is 2.12. The van der Waals surface area contributed by atoms with Crippen LogP contribution in [0.4, 0.5) is 0 Å². The Kier molecular flexibility index (Phi) is 4.76. The van der Waals surface area contributed by atoms with Gasteiger partial charge in [0.25, 0.3) is 5.91 Å². The summed E-state index contributed by atoms with van der Waals surface area (Å²) in [6.45, 7) is 1.29. The average molecular weight is 260 g/mol. The van der Waals surface area contributed by atoms with Crippen molar-refractivity contribution in [3.63, 3.8) is 0 Å². The molecule has 0 spiro atoms. The minimum atomic E-state index is -0.167. The van der Waals surface area contributed by atoms with Gasteiger partial charge in [-0.2, -0.15) is 5.26 Å². The summed E-state index contributed by atoms with van der Waals surface area (Å²) in [6, 6.07) is 8.67. The van der Waals surface area contributed by atoms with Gasteiger partial charge in [0.15, 0.2) is 6.61 Å². The van der Waals surface area contributed by atoms with Gasteiger partial charge in [-0.1, -0.05) is 0 Å². The molecule has 100 valence electrons. The van der Waals surface area contributed by atoms with E-state index in [0.29, 0.717) is 17.9 Å². The Bertz CT molecular complexity index is 459. The molecule has 0 unspecified atom stereocenters. The Morgan fingerprint density at radius 2 is 2.26 bits per heavy atom. The van der Waals surface area contributed by atoms with Crippen LogP contribution in [0.3, 0.4) is 0 Å². The Labute approximate surface area is 112 Å². The summed E-state index contributed by atoms with van der Waals surface area (Å²) in [6.07, 6.45) is 2.19. The summed E-state index contributed by atoms with van der Waals surface area (Å²) in [5.41, 5.74) is 0.565. The number of benzene rings is 1. The predicted molar refractivity (Wildman–Crippen MR) is 68.6 cm³/mol. The van der Waals surface area contributed by atoms with Crippen molar-refractivity contribution in [2.45, 2.75) is 18.9 Å². The van der Waals surface area contributed by atoms with Gasteiger partial charge >= 0.3 is 0 Å². The molecular formula is C14H16N2O3. The average Bonchev–Trinajstić information content (AvgIpc) is 2.96. The molecule has 1 aliphatic rings. The van der Waals surface area contributed by atoms with Crippen LogP contribution < -0.4 is 10.1 Å². The molecule has 1 fully saturated rings. The van der Waals surface area contributed by atoms with Crippen LogP contribution in [0, 0.1) is 11.3 Å². The van der Waals surface area contributed by atoms with Gasteiger partial charge in [-0.3, -0.25) is 4.79 Å². The Hall–Kier alpha value is -2.06. The van der Waals surface area contributed by atoms with E-state index < -0.39 is 0 Å². The van der Waals surface area contributed by atoms with Gasteiger partial charge in [0, 0.05) is 13.2 Å². The smallest absolute Gasteiger partial charge is 0.258 e. The van der Waals surface area contributed by atoms with E-state index in [0.717, 1.165) is 19.4 Å². The van der Waals surface area contributed by atoms with Crippen molar-refractivity contribution in [2.24, 2.45) is 0 Å². The Morgan fingerprint density at radius 3 is 2.89 bits per heavy atom. The van der Waals surface area contributed by atoms with Gasteiger partial charge in [0.2, 0.25) is 0 Å². The number of amides is 1. The molecule has 0 radical (unpaired) electrons. The molecule has 1 aliphatic heterocycles. The molecule has 2 rings (SSSR count). The number of nitriles is 1. The van der Waals surface area contributed by atoms with Crippen molar-refractivity contribution in [3.8, 4) is 11.8 Å². The molecule has 1 aromatic carbocycles. The van der Waals surface area contributed by atoms with Crippen molar-refractivity contribution in [3.05, 3.63) is 29.8 Å². The van der Waals surface area contributed by atoms with Gasteiger partial charge in [-0.15, -0.1) is 0 Å². The summed E-state index contributed by atoms with van der Waals surface area (Å²) in [4.78, 5) is 11.6. The van der Waals surface area contributed by atoms with Gasteiger partial charge in [-0.25, -0.2) is 0 Å². The van der Waals surface area contributed by atoms with Crippen LogP contribution in [0.1, 0.15) is 18.4 Å².